The van der Waals surface area contributed by atoms with E-state index in [1.807, 2.05) is 26.8 Å². The number of nitrogens with one attached hydrogen (secondary N) is 1. The number of hydrogen-bond acceptors (Lipinski definition) is 4. The smallest absolute Gasteiger partial charge is 0.410 e. The fraction of sp³-hybridized carbons (Fsp3) is 0.417. The van der Waals surface area contributed by atoms with Crippen molar-refractivity contribution in [1.29, 1.82) is 0 Å². The van der Waals surface area contributed by atoms with E-state index in [-0.39, 0.29) is 36.3 Å². The third kappa shape index (κ3) is 4.65. The lowest BCUT2D eigenvalue weighted by Gasteiger charge is -2.24. The van der Waals surface area contributed by atoms with Gasteiger partial charge in [-0.05, 0) is 44.5 Å². The summed E-state index contributed by atoms with van der Waals surface area (Å²) in [5.74, 6) is 0.151. The Morgan fingerprint density at radius 3 is 2.71 bits per heavy atom. The van der Waals surface area contributed by atoms with Crippen molar-refractivity contribution in [2.24, 2.45) is 5.92 Å². The first-order valence-corrected chi connectivity index (χ1v) is 10.5. The van der Waals surface area contributed by atoms with Crippen LogP contribution >= 0.6 is 0 Å². The first kappa shape index (κ1) is 21.2. The van der Waals surface area contributed by atoms with Gasteiger partial charge in [0, 0.05) is 42.6 Å². The number of likely N-dealkylation sites (tertiary alicyclic amines) is 1. The summed E-state index contributed by atoms with van der Waals surface area (Å²) in [5.41, 5.74) is 1.32. The highest BCUT2D eigenvalue weighted by molar-refractivity contribution is 5.96. The second-order valence-corrected chi connectivity index (χ2v) is 9.09. The van der Waals surface area contributed by atoms with Gasteiger partial charge in [0.05, 0.1) is 0 Å². The van der Waals surface area contributed by atoms with Crippen LogP contribution < -0.4 is 10.1 Å². The minimum Gasteiger partial charge on any atom is -0.489 e. The topological polar surface area (TPSA) is 67.9 Å². The number of ether oxygens (including phenoxy) is 2. The van der Waals surface area contributed by atoms with E-state index in [1.165, 1.54) is 6.07 Å². The summed E-state index contributed by atoms with van der Waals surface area (Å²) < 4.78 is 25.1. The van der Waals surface area contributed by atoms with Gasteiger partial charge in [-0.15, -0.1) is 0 Å². The maximum Gasteiger partial charge on any atom is 0.410 e. The molecule has 6 nitrogen and oxygen atoms in total. The van der Waals surface area contributed by atoms with Crippen LogP contribution in [0.2, 0.25) is 0 Å². The van der Waals surface area contributed by atoms with Gasteiger partial charge in [-0.25, -0.2) is 9.18 Å². The molecule has 2 atom stereocenters. The van der Waals surface area contributed by atoms with E-state index < -0.39 is 5.60 Å². The van der Waals surface area contributed by atoms with Crippen LogP contribution in [-0.2, 0) is 11.3 Å². The largest absolute Gasteiger partial charge is 0.489 e. The van der Waals surface area contributed by atoms with E-state index in [9.17, 15) is 14.0 Å². The van der Waals surface area contributed by atoms with Gasteiger partial charge in [-0.3, -0.25) is 4.79 Å². The Bertz CT molecular complexity index is 1000. The molecular formula is C24H27FN2O4. The molecule has 7 heteroatoms. The first-order valence-electron chi connectivity index (χ1n) is 10.5. The second-order valence-electron chi connectivity index (χ2n) is 9.09. The van der Waals surface area contributed by atoms with Crippen LogP contribution in [0.15, 0.2) is 42.5 Å². The summed E-state index contributed by atoms with van der Waals surface area (Å²) in [7, 11) is 0. The van der Waals surface area contributed by atoms with Gasteiger partial charge in [0.1, 0.15) is 23.8 Å². The van der Waals surface area contributed by atoms with E-state index in [1.54, 1.807) is 35.2 Å². The van der Waals surface area contributed by atoms with E-state index in [2.05, 4.69) is 5.32 Å². The van der Waals surface area contributed by atoms with E-state index in [0.717, 1.165) is 5.56 Å². The quantitative estimate of drug-likeness (QED) is 0.803. The summed E-state index contributed by atoms with van der Waals surface area (Å²) in [6.45, 7) is 7.13. The standard InChI is InChI=1S/C24H27FN2O4/c1-24(2,3)31-23(29)27-12-16-11-26-22(28)19-10-17(8-9-18(19)20(16)13-27)30-14-15-6-4-5-7-21(15)25/h4-10,16,20H,11-14H2,1-3H3,(H,26,28)/t16-,20-/m0/s1. The molecule has 31 heavy (non-hydrogen) atoms. The SMILES string of the molecule is CC(C)(C)OC(=O)N1C[C@@H]2CNC(=O)c3cc(OCc4ccccc4F)ccc3[C@H]2C1. The molecule has 2 aliphatic rings. The molecule has 1 fully saturated rings. The average molecular weight is 426 g/mol. The number of fused-ring (bicyclic) bond motifs is 3. The summed E-state index contributed by atoms with van der Waals surface area (Å²) in [6, 6.07) is 11.8. The average Bonchev–Trinajstić information content (AvgIpc) is 3.09. The van der Waals surface area contributed by atoms with Gasteiger partial charge in [0.15, 0.2) is 0 Å². The molecule has 2 aromatic rings. The molecule has 1 N–H and O–H groups in total. The van der Waals surface area contributed by atoms with Crippen molar-refractivity contribution < 1.29 is 23.5 Å². The Morgan fingerprint density at radius 2 is 1.97 bits per heavy atom. The van der Waals surface area contributed by atoms with Crippen LogP contribution in [0.1, 0.15) is 48.2 Å². The molecule has 164 valence electrons. The normalized spacial score (nSPS) is 20.4. The zero-order valence-corrected chi connectivity index (χ0v) is 18.0. The number of benzene rings is 2. The van der Waals surface area contributed by atoms with Crippen molar-refractivity contribution in [3.8, 4) is 5.75 Å². The van der Waals surface area contributed by atoms with Crippen molar-refractivity contribution in [3.63, 3.8) is 0 Å². The van der Waals surface area contributed by atoms with Crippen LogP contribution in [0, 0.1) is 11.7 Å². The molecule has 0 bridgehead atoms. The molecule has 0 saturated carbocycles. The third-order valence-electron chi connectivity index (χ3n) is 5.64. The molecule has 2 aliphatic heterocycles. The Morgan fingerprint density at radius 1 is 1.19 bits per heavy atom. The summed E-state index contributed by atoms with van der Waals surface area (Å²) in [5, 5.41) is 2.96. The molecule has 2 aromatic carbocycles. The van der Waals surface area contributed by atoms with Crippen LogP contribution in [-0.4, -0.2) is 42.1 Å². The van der Waals surface area contributed by atoms with E-state index in [4.69, 9.17) is 9.47 Å². The highest BCUT2D eigenvalue weighted by Crippen LogP contribution is 2.38. The minimum absolute atomic E-state index is 0.0297. The number of halogens is 1. The molecule has 0 spiro atoms. The molecule has 4 rings (SSSR count). The Labute approximate surface area is 181 Å². The number of carbonyl (C=O) groups excluding carboxylic acids is 2. The minimum atomic E-state index is -0.557. The lowest BCUT2D eigenvalue weighted by atomic mass is 9.87. The highest BCUT2D eigenvalue weighted by Gasteiger charge is 2.41. The molecule has 0 unspecified atom stereocenters. The fourth-order valence-electron chi connectivity index (χ4n) is 4.15. The van der Waals surface area contributed by atoms with Crippen LogP contribution in [0.25, 0.3) is 0 Å². The number of carbonyl (C=O) groups is 2. The zero-order chi connectivity index (χ0) is 22.2. The van der Waals surface area contributed by atoms with Gasteiger partial charge < -0.3 is 19.7 Å². The molecule has 1 saturated heterocycles. The second kappa shape index (κ2) is 8.21. The third-order valence-corrected chi connectivity index (χ3v) is 5.64. The van der Waals surface area contributed by atoms with Crippen LogP contribution in [0.4, 0.5) is 9.18 Å². The van der Waals surface area contributed by atoms with Crippen LogP contribution in [0.5, 0.6) is 5.75 Å². The van der Waals surface area contributed by atoms with Gasteiger partial charge >= 0.3 is 6.09 Å². The van der Waals surface area contributed by atoms with Crippen molar-refractivity contribution in [2.45, 2.75) is 38.9 Å². The number of rotatable bonds is 3. The van der Waals surface area contributed by atoms with Crippen LogP contribution in [0.3, 0.4) is 0 Å². The lowest BCUT2D eigenvalue weighted by molar-refractivity contribution is 0.0287. The Hall–Kier alpha value is -3.09. The lowest BCUT2D eigenvalue weighted by Crippen LogP contribution is -2.36. The molecule has 0 aliphatic carbocycles. The maximum absolute atomic E-state index is 13.8. The van der Waals surface area contributed by atoms with Gasteiger partial charge in [-0.1, -0.05) is 24.3 Å². The van der Waals surface area contributed by atoms with Gasteiger partial charge in [0.25, 0.3) is 5.91 Å². The highest BCUT2D eigenvalue weighted by atomic mass is 19.1. The molecular weight excluding hydrogens is 399 g/mol. The van der Waals surface area contributed by atoms with Crippen molar-refractivity contribution in [1.82, 2.24) is 10.2 Å². The van der Waals surface area contributed by atoms with Gasteiger partial charge in [-0.2, -0.15) is 0 Å². The number of nitrogens with zero attached hydrogens (tertiary/aromatic N) is 1. The summed E-state index contributed by atoms with van der Waals surface area (Å²) in [4.78, 5) is 26.9. The molecule has 0 radical (unpaired) electrons. The monoisotopic (exact) mass is 426 g/mol. The first-order chi connectivity index (χ1) is 14.7. The number of amides is 2. The summed E-state index contributed by atoms with van der Waals surface area (Å²) >= 11 is 0. The zero-order valence-electron chi connectivity index (χ0n) is 18.0. The van der Waals surface area contributed by atoms with E-state index >= 15 is 0 Å². The van der Waals surface area contributed by atoms with Crippen molar-refractivity contribution in [3.05, 3.63) is 65.0 Å². The van der Waals surface area contributed by atoms with Crippen molar-refractivity contribution >= 4 is 12.0 Å². The Kier molecular flexibility index (Phi) is 5.60. The van der Waals surface area contributed by atoms with E-state index in [0.29, 0.717) is 36.5 Å². The number of hydrogen-bond donors (Lipinski definition) is 1. The predicted molar refractivity (Wildman–Crippen MR) is 114 cm³/mol. The molecule has 2 amide bonds. The molecule has 2 heterocycles. The Balaban J connectivity index is 1.53. The summed E-state index contributed by atoms with van der Waals surface area (Å²) in [6.07, 6.45) is -0.335. The van der Waals surface area contributed by atoms with Crippen molar-refractivity contribution in [2.75, 3.05) is 19.6 Å². The molecule has 0 aromatic heterocycles. The fourth-order valence-corrected chi connectivity index (χ4v) is 4.15. The predicted octanol–water partition coefficient (Wildman–Crippen LogP) is 4.10. The maximum atomic E-state index is 13.8. The van der Waals surface area contributed by atoms with Gasteiger partial charge in [0.2, 0.25) is 0 Å².